The summed E-state index contributed by atoms with van der Waals surface area (Å²) in [5.41, 5.74) is 0.620. The van der Waals surface area contributed by atoms with Crippen LogP contribution in [0.15, 0.2) is 27.6 Å². The molecule has 0 aliphatic rings. The van der Waals surface area contributed by atoms with Crippen LogP contribution in [0.3, 0.4) is 0 Å². The van der Waals surface area contributed by atoms with Gasteiger partial charge in [0.25, 0.3) is 5.91 Å². The summed E-state index contributed by atoms with van der Waals surface area (Å²) in [4.78, 5) is 12.2. The van der Waals surface area contributed by atoms with Gasteiger partial charge in [0.2, 0.25) is 0 Å². The number of thiol groups is 1. The van der Waals surface area contributed by atoms with Crippen LogP contribution < -0.4 is 5.32 Å². The smallest absolute Gasteiger partial charge is 0.252 e. The zero-order valence-electron chi connectivity index (χ0n) is 7.17. The maximum Gasteiger partial charge on any atom is 0.252 e. The molecule has 0 fully saturated rings. The SMILES string of the molecule is CCNC(=O)c1cc(S)ccc1Br. The summed E-state index contributed by atoms with van der Waals surface area (Å²) in [6.07, 6.45) is 0. The Kier molecular flexibility index (Phi) is 3.81. The van der Waals surface area contributed by atoms with Crippen LogP contribution in [0, 0.1) is 0 Å². The molecule has 4 heteroatoms. The van der Waals surface area contributed by atoms with Gasteiger partial charge < -0.3 is 5.32 Å². The van der Waals surface area contributed by atoms with Crippen molar-refractivity contribution in [2.24, 2.45) is 0 Å². The van der Waals surface area contributed by atoms with E-state index in [4.69, 9.17) is 0 Å². The van der Waals surface area contributed by atoms with E-state index in [1.54, 1.807) is 6.07 Å². The Morgan fingerprint density at radius 3 is 2.92 bits per heavy atom. The highest BCUT2D eigenvalue weighted by Gasteiger charge is 2.08. The molecular formula is C9H10BrNOS. The predicted molar refractivity (Wildman–Crippen MR) is 59.4 cm³/mol. The van der Waals surface area contributed by atoms with Crippen LogP contribution in [0.2, 0.25) is 0 Å². The van der Waals surface area contributed by atoms with E-state index in [1.807, 2.05) is 19.1 Å². The molecule has 0 spiro atoms. The zero-order chi connectivity index (χ0) is 9.84. The van der Waals surface area contributed by atoms with E-state index < -0.39 is 0 Å². The zero-order valence-corrected chi connectivity index (χ0v) is 9.65. The molecule has 0 atom stereocenters. The van der Waals surface area contributed by atoms with Crippen LogP contribution in [0.5, 0.6) is 0 Å². The molecule has 0 unspecified atom stereocenters. The molecule has 0 radical (unpaired) electrons. The van der Waals surface area contributed by atoms with Crippen molar-refractivity contribution in [3.8, 4) is 0 Å². The molecule has 13 heavy (non-hydrogen) atoms. The molecular weight excluding hydrogens is 250 g/mol. The van der Waals surface area contributed by atoms with E-state index in [0.717, 1.165) is 9.37 Å². The first-order valence-electron chi connectivity index (χ1n) is 3.92. The van der Waals surface area contributed by atoms with Gasteiger partial charge in [-0.05, 0) is 41.1 Å². The molecule has 0 aliphatic carbocycles. The number of carbonyl (C=O) groups is 1. The number of halogens is 1. The Morgan fingerprint density at radius 2 is 2.31 bits per heavy atom. The van der Waals surface area contributed by atoms with E-state index in [1.165, 1.54) is 0 Å². The van der Waals surface area contributed by atoms with Crippen LogP contribution >= 0.6 is 28.6 Å². The summed E-state index contributed by atoms with van der Waals surface area (Å²) in [6.45, 7) is 2.51. The largest absolute Gasteiger partial charge is 0.352 e. The van der Waals surface area contributed by atoms with Gasteiger partial charge in [-0.1, -0.05) is 0 Å². The number of hydrogen-bond acceptors (Lipinski definition) is 2. The number of amides is 1. The minimum Gasteiger partial charge on any atom is -0.352 e. The topological polar surface area (TPSA) is 29.1 Å². The van der Waals surface area contributed by atoms with Crippen molar-refractivity contribution >= 4 is 34.5 Å². The fourth-order valence-electron chi connectivity index (χ4n) is 0.943. The number of carbonyl (C=O) groups excluding carboxylic acids is 1. The number of nitrogens with one attached hydrogen (secondary N) is 1. The standard InChI is InChI=1S/C9H10BrNOS/c1-2-11-9(12)7-5-6(13)3-4-8(7)10/h3-5,13H,2H2,1H3,(H,11,12). The van der Waals surface area contributed by atoms with Crippen molar-refractivity contribution in [1.29, 1.82) is 0 Å². The quantitative estimate of drug-likeness (QED) is 0.786. The first-order chi connectivity index (χ1) is 6.15. The van der Waals surface area contributed by atoms with Crippen molar-refractivity contribution in [3.05, 3.63) is 28.2 Å². The second-order valence-corrected chi connectivity index (χ2v) is 3.89. The van der Waals surface area contributed by atoms with Gasteiger partial charge in [0.1, 0.15) is 0 Å². The molecule has 0 aromatic heterocycles. The second kappa shape index (κ2) is 4.67. The lowest BCUT2D eigenvalue weighted by Crippen LogP contribution is -2.22. The van der Waals surface area contributed by atoms with Gasteiger partial charge in [-0.15, -0.1) is 12.6 Å². The maximum atomic E-state index is 11.4. The summed E-state index contributed by atoms with van der Waals surface area (Å²) >= 11 is 7.47. The molecule has 0 bridgehead atoms. The van der Waals surface area contributed by atoms with Crippen molar-refractivity contribution in [1.82, 2.24) is 5.32 Å². The average molecular weight is 260 g/mol. The molecule has 70 valence electrons. The van der Waals surface area contributed by atoms with Gasteiger partial charge >= 0.3 is 0 Å². The predicted octanol–water partition coefficient (Wildman–Crippen LogP) is 2.49. The maximum absolute atomic E-state index is 11.4. The van der Waals surface area contributed by atoms with E-state index in [0.29, 0.717) is 12.1 Å². The van der Waals surface area contributed by atoms with Gasteiger partial charge in [0, 0.05) is 15.9 Å². The third kappa shape index (κ3) is 2.74. The molecule has 1 N–H and O–H groups in total. The molecule has 0 saturated heterocycles. The monoisotopic (exact) mass is 259 g/mol. The number of hydrogen-bond donors (Lipinski definition) is 2. The lowest BCUT2D eigenvalue weighted by Gasteiger charge is -2.04. The fourth-order valence-corrected chi connectivity index (χ4v) is 1.57. The Balaban J connectivity index is 2.99. The molecule has 0 aliphatic heterocycles. The fraction of sp³-hybridized carbons (Fsp3) is 0.222. The summed E-state index contributed by atoms with van der Waals surface area (Å²) < 4.78 is 0.788. The number of benzene rings is 1. The van der Waals surface area contributed by atoms with Crippen molar-refractivity contribution in [3.63, 3.8) is 0 Å². The lowest BCUT2D eigenvalue weighted by molar-refractivity contribution is 0.0955. The normalized spacial score (nSPS) is 9.77. The minimum atomic E-state index is -0.0784. The van der Waals surface area contributed by atoms with Crippen LogP contribution in [-0.2, 0) is 0 Å². The highest BCUT2D eigenvalue weighted by atomic mass is 79.9. The minimum absolute atomic E-state index is 0.0784. The molecule has 1 amide bonds. The molecule has 0 heterocycles. The Morgan fingerprint density at radius 1 is 1.62 bits per heavy atom. The Hall–Kier alpha value is -0.480. The molecule has 1 aromatic carbocycles. The van der Waals surface area contributed by atoms with Crippen molar-refractivity contribution < 1.29 is 4.79 Å². The lowest BCUT2D eigenvalue weighted by atomic mass is 10.2. The average Bonchev–Trinajstić information content (AvgIpc) is 2.09. The highest BCUT2D eigenvalue weighted by molar-refractivity contribution is 9.10. The summed E-state index contributed by atoms with van der Waals surface area (Å²) in [5, 5.41) is 2.73. The van der Waals surface area contributed by atoms with Gasteiger partial charge in [0.15, 0.2) is 0 Å². The third-order valence-electron chi connectivity index (χ3n) is 1.53. The summed E-state index contributed by atoms with van der Waals surface area (Å²) in [7, 11) is 0. The Labute approximate surface area is 91.3 Å². The van der Waals surface area contributed by atoms with Gasteiger partial charge in [0.05, 0.1) is 5.56 Å². The molecule has 0 saturated carbocycles. The van der Waals surface area contributed by atoms with Crippen LogP contribution in [0.1, 0.15) is 17.3 Å². The van der Waals surface area contributed by atoms with E-state index in [-0.39, 0.29) is 5.91 Å². The molecule has 1 aromatic rings. The van der Waals surface area contributed by atoms with Crippen molar-refractivity contribution in [2.45, 2.75) is 11.8 Å². The van der Waals surface area contributed by atoms with Gasteiger partial charge in [-0.2, -0.15) is 0 Å². The van der Waals surface area contributed by atoms with E-state index in [9.17, 15) is 4.79 Å². The molecule has 2 nitrogen and oxygen atoms in total. The second-order valence-electron chi connectivity index (χ2n) is 2.52. The number of rotatable bonds is 2. The summed E-state index contributed by atoms with van der Waals surface area (Å²) in [5.74, 6) is -0.0784. The third-order valence-corrected chi connectivity index (χ3v) is 2.50. The van der Waals surface area contributed by atoms with Gasteiger partial charge in [-0.25, -0.2) is 0 Å². The highest BCUT2D eigenvalue weighted by Crippen LogP contribution is 2.19. The van der Waals surface area contributed by atoms with E-state index >= 15 is 0 Å². The van der Waals surface area contributed by atoms with Crippen LogP contribution in [0.25, 0.3) is 0 Å². The Bertz CT molecular complexity index is 327. The van der Waals surface area contributed by atoms with Gasteiger partial charge in [-0.3, -0.25) is 4.79 Å². The van der Waals surface area contributed by atoms with Crippen LogP contribution in [0.4, 0.5) is 0 Å². The van der Waals surface area contributed by atoms with Crippen LogP contribution in [-0.4, -0.2) is 12.5 Å². The summed E-state index contributed by atoms with van der Waals surface area (Å²) in [6, 6.07) is 5.38. The molecule has 1 rings (SSSR count). The first-order valence-corrected chi connectivity index (χ1v) is 5.16. The van der Waals surface area contributed by atoms with Crippen molar-refractivity contribution in [2.75, 3.05) is 6.54 Å². The van der Waals surface area contributed by atoms with E-state index in [2.05, 4.69) is 33.9 Å². The first kappa shape index (κ1) is 10.6.